The lowest BCUT2D eigenvalue weighted by molar-refractivity contribution is 0.104. The second-order valence-corrected chi connectivity index (χ2v) is 7.97. The molecule has 0 saturated heterocycles. The molecule has 4 unspecified atom stereocenters. The normalized spacial score (nSPS) is 34.2. The lowest BCUT2D eigenvalue weighted by atomic mass is 9.55. The van der Waals surface area contributed by atoms with Crippen molar-refractivity contribution in [2.45, 2.75) is 50.4 Å². The monoisotopic (exact) mass is 305 g/mol. The number of phenols is 1. The number of nitrogens with zero attached hydrogens (tertiary/aromatic N) is 1. The van der Waals surface area contributed by atoms with Gasteiger partial charge in [0.1, 0.15) is 5.75 Å². The molecule has 1 heterocycles. The molecule has 1 aromatic carbocycles. The van der Waals surface area contributed by atoms with Crippen molar-refractivity contribution in [3.63, 3.8) is 0 Å². The number of aryl methyl sites for hydroxylation is 1. The number of aromatic nitrogens is 1. The highest BCUT2D eigenvalue weighted by molar-refractivity contribution is 5.43. The maximum Gasteiger partial charge on any atom is 0.115 e. The van der Waals surface area contributed by atoms with Crippen molar-refractivity contribution >= 4 is 0 Å². The molecule has 0 bridgehead atoms. The van der Waals surface area contributed by atoms with E-state index >= 15 is 0 Å². The Bertz CT molecular complexity index is 783. The number of hydrogen-bond acceptors (Lipinski definition) is 2. The third-order valence-electron chi connectivity index (χ3n) is 6.97. The van der Waals surface area contributed by atoms with Crippen LogP contribution in [0.15, 0.2) is 36.5 Å². The summed E-state index contributed by atoms with van der Waals surface area (Å²) in [5.41, 5.74) is 6.01. The SMILES string of the molecule is CC12CCC3c4ccc(O)cc4CCC3C1Cc1cccnc12. The molecular weight excluding hydrogens is 282 g/mol. The van der Waals surface area contributed by atoms with E-state index in [0.29, 0.717) is 11.7 Å². The van der Waals surface area contributed by atoms with Crippen LogP contribution in [0.2, 0.25) is 0 Å². The topological polar surface area (TPSA) is 33.1 Å². The van der Waals surface area contributed by atoms with Gasteiger partial charge in [0.25, 0.3) is 0 Å². The standard InChI is InChI=1S/C21H23NO/c1-21-9-8-17-16-7-5-15(23)11-13(16)4-6-18(17)19(21)12-14-3-2-10-22-20(14)21/h2-3,5,7,10-11,17-19,23H,4,6,8-9,12H2,1H3. The average Bonchev–Trinajstić information content (AvgIpc) is 2.87. The van der Waals surface area contributed by atoms with Crippen LogP contribution < -0.4 is 0 Å². The highest BCUT2D eigenvalue weighted by Gasteiger charge is 2.53. The average molecular weight is 305 g/mol. The summed E-state index contributed by atoms with van der Waals surface area (Å²) in [6.45, 7) is 2.46. The van der Waals surface area contributed by atoms with Crippen LogP contribution in [0.3, 0.4) is 0 Å². The number of fused-ring (bicyclic) bond motifs is 7. The maximum absolute atomic E-state index is 9.79. The molecule has 1 N–H and O–H groups in total. The van der Waals surface area contributed by atoms with Gasteiger partial charge in [-0.1, -0.05) is 19.1 Å². The number of hydrogen-bond donors (Lipinski definition) is 1. The summed E-state index contributed by atoms with van der Waals surface area (Å²) in [5, 5.41) is 9.79. The summed E-state index contributed by atoms with van der Waals surface area (Å²) >= 11 is 0. The van der Waals surface area contributed by atoms with E-state index in [9.17, 15) is 5.11 Å². The number of benzene rings is 1. The van der Waals surface area contributed by atoms with E-state index in [4.69, 9.17) is 4.98 Å². The molecular formula is C21H23NO. The summed E-state index contributed by atoms with van der Waals surface area (Å²) < 4.78 is 0. The van der Waals surface area contributed by atoms with Gasteiger partial charge in [0.05, 0.1) is 0 Å². The van der Waals surface area contributed by atoms with Gasteiger partial charge in [-0.05, 0) is 84.7 Å². The van der Waals surface area contributed by atoms with Gasteiger partial charge in [-0.15, -0.1) is 0 Å². The number of pyridine rings is 1. The van der Waals surface area contributed by atoms with E-state index in [1.54, 1.807) is 0 Å². The molecule has 23 heavy (non-hydrogen) atoms. The molecule has 118 valence electrons. The minimum Gasteiger partial charge on any atom is -0.508 e. The Kier molecular flexibility index (Phi) is 2.72. The quantitative estimate of drug-likeness (QED) is 0.784. The van der Waals surface area contributed by atoms with E-state index in [1.165, 1.54) is 48.1 Å². The first-order valence-electron chi connectivity index (χ1n) is 8.93. The summed E-state index contributed by atoms with van der Waals surface area (Å²) in [4.78, 5) is 4.78. The Morgan fingerprint density at radius 2 is 2.09 bits per heavy atom. The maximum atomic E-state index is 9.79. The Hall–Kier alpha value is -1.83. The van der Waals surface area contributed by atoms with Crippen LogP contribution in [0.1, 0.15) is 54.5 Å². The summed E-state index contributed by atoms with van der Waals surface area (Å²) in [5.74, 6) is 2.58. The first-order valence-corrected chi connectivity index (χ1v) is 8.93. The van der Waals surface area contributed by atoms with E-state index < -0.39 is 0 Å². The van der Waals surface area contributed by atoms with Crippen LogP contribution in [0.4, 0.5) is 0 Å². The van der Waals surface area contributed by atoms with Gasteiger partial charge in [0.2, 0.25) is 0 Å². The van der Waals surface area contributed by atoms with Crippen LogP contribution in [0, 0.1) is 11.8 Å². The predicted octanol–water partition coefficient (Wildman–Crippen LogP) is 4.36. The molecule has 5 rings (SSSR count). The van der Waals surface area contributed by atoms with Crippen molar-refractivity contribution in [2.75, 3.05) is 0 Å². The van der Waals surface area contributed by atoms with Gasteiger partial charge < -0.3 is 5.11 Å². The third kappa shape index (κ3) is 1.78. The zero-order valence-electron chi connectivity index (χ0n) is 13.6. The van der Waals surface area contributed by atoms with E-state index in [-0.39, 0.29) is 5.41 Å². The van der Waals surface area contributed by atoms with Gasteiger partial charge in [-0.3, -0.25) is 4.98 Å². The highest BCUT2D eigenvalue weighted by Crippen LogP contribution is 2.59. The number of phenolic OH excluding ortho intramolecular Hbond substituents is 1. The molecule has 3 aliphatic carbocycles. The van der Waals surface area contributed by atoms with Crippen LogP contribution in [0.5, 0.6) is 5.75 Å². The molecule has 3 aliphatic rings. The molecule has 0 aliphatic heterocycles. The molecule has 2 nitrogen and oxygen atoms in total. The van der Waals surface area contributed by atoms with Crippen LogP contribution in [0.25, 0.3) is 0 Å². The van der Waals surface area contributed by atoms with E-state index in [2.05, 4.69) is 25.1 Å². The first kappa shape index (κ1) is 13.6. The fraction of sp³-hybridized carbons (Fsp3) is 0.476. The van der Waals surface area contributed by atoms with Crippen LogP contribution in [-0.2, 0) is 18.3 Å². The summed E-state index contributed by atoms with van der Waals surface area (Å²) in [6, 6.07) is 10.4. The molecule has 1 aromatic heterocycles. The molecule has 2 aromatic rings. The van der Waals surface area contributed by atoms with Gasteiger partial charge in [-0.25, -0.2) is 0 Å². The number of aromatic hydroxyl groups is 1. The third-order valence-corrected chi connectivity index (χ3v) is 6.97. The van der Waals surface area contributed by atoms with Crippen molar-refractivity contribution in [1.29, 1.82) is 0 Å². The van der Waals surface area contributed by atoms with Gasteiger partial charge >= 0.3 is 0 Å². The molecule has 0 spiro atoms. The Balaban J connectivity index is 1.57. The minimum atomic E-state index is 0.270. The predicted molar refractivity (Wildman–Crippen MR) is 90.7 cm³/mol. The lowest BCUT2D eigenvalue weighted by Gasteiger charge is -2.49. The van der Waals surface area contributed by atoms with E-state index in [1.807, 2.05) is 18.3 Å². The van der Waals surface area contributed by atoms with Crippen molar-refractivity contribution in [3.8, 4) is 5.75 Å². The minimum absolute atomic E-state index is 0.270. The molecule has 2 heteroatoms. The van der Waals surface area contributed by atoms with Gasteiger partial charge in [0, 0.05) is 17.3 Å². The zero-order chi connectivity index (χ0) is 15.6. The second kappa shape index (κ2) is 4.59. The van der Waals surface area contributed by atoms with Crippen molar-refractivity contribution in [3.05, 3.63) is 58.9 Å². The molecule has 4 atom stereocenters. The number of rotatable bonds is 0. The molecule has 1 saturated carbocycles. The van der Waals surface area contributed by atoms with Crippen molar-refractivity contribution in [1.82, 2.24) is 4.98 Å². The Labute approximate surface area is 137 Å². The zero-order valence-corrected chi connectivity index (χ0v) is 13.6. The first-order chi connectivity index (χ1) is 11.2. The molecule has 0 radical (unpaired) electrons. The lowest BCUT2D eigenvalue weighted by Crippen LogP contribution is -2.43. The highest BCUT2D eigenvalue weighted by atomic mass is 16.3. The summed E-state index contributed by atoms with van der Waals surface area (Å²) in [7, 11) is 0. The smallest absolute Gasteiger partial charge is 0.115 e. The van der Waals surface area contributed by atoms with Gasteiger partial charge in [-0.2, -0.15) is 0 Å². The second-order valence-electron chi connectivity index (χ2n) is 7.97. The van der Waals surface area contributed by atoms with Crippen molar-refractivity contribution in [2.24, 2.45) is 11.8 Å². The largest absolute Gasteiger partial charge is 0.508 e. The van der Waals surface area contributed by atoms with Crippen molar-refractivity contribution < 1.29 is 5.11 Å². The fourth-order valence-corrected chi connectivity index (χ4v) is 5.91. The van der Waals surface area contributed by atoms with Gasteiger partial charge in [0.15, 0.2) is 0 Å². The fourth-order valence-electron chi connectivity index (χ4n) is 5.91. The Morgan fingerprint density at radius 3 is 3.00 bits per heavy atom. The molecule has 0 amide bonds. The molecule has 1 fully saturated rings. The van der Waals surface area contributed by atoms with E-state index in [0.717, 1.165) is 18.3 Å². The van der Waals surface area contributed by atoms with Crippen LogP contribution in [-0.4, -0.2) is 10.1 Å². The summed E-state index contributed by atoms with van der Waals surface area (Å²) in [6.07, 6.45) is 8.04. The van der Waals surface area contributed by atoms with Crippen LogP contribution >= 0.6 is 0 Å². The Morgan fingerprint density at radius 1 is 1.17 bits per heavy atom.